The van der Waals surface area contributed by atoms with Gasteiger partial charge in [0.15, 0.2) is 0 Å². The Bertz CT molecular complexity index is 4050. The van der Waals surface area contributed by atoms with Crippen LogP contribution < -0.4 is 10.6 Å². The molecule has 2 aliphatic rings. The van der Waals surface area contributed by atoms with Gasteiger partial charge in [-0.2, -0.15) is 25.3 Å². The van der Waals surface area contributed by atoms with E-state index in [4.69, 9.17) is 50.0 Å². The highest BCUT2D eigenvalue weighted by molar-refractivity contribution is 7.86. The van der Waals surface area contributed by atoms with Crippen LogP contribution in [-0.4, -0.2) is 110 Å². The molecular weight excluding hydrogens is 1110 g/mol. The summed E-state index contributed by atoms with van der Waals surface area (Å²) in [6.45, 7) is 11.6. The molecule has 8 aromatic heterocycles. The van der Waals surface area contributed by atoms with Gasteiger partial charge in [0.1, 0.15) is 22.8 Å². The number of aliphatic hydroxyl groups excluding tert-OH is 1. The van der Waals surface area contributed by atoms with E-state index in [0.717, 1.165) is 151 Å². The predicted octanol–water partition coefficient (Wildman–Crippen LogP) is 9.42. The number of aromatic nitrogens is 10. The van der Waals surface area contributed by atoms with Crippen LogP contribution in [0.1, 0.15) is 72.6 Å². The number of anilines is 2. The van der Waals surface area contributed by atoms with Crippen LogP contribution in [0.25, 0.3) is 78.5 Å². The number of nitrogens with one attached hydrogen (secondary N) is 2. The Morgan fingerprint density at radius 1 is 0.585 bits per heavy atom. The quantitative estimate of drug-likeness (QED) is 0.0959. The number of para-hydroxylation sites is 2. The van der Waals surface area contributed by atoms with Crippen molar-refractivity contribution in [3.05, 3.63) is 144 Å². The predicted molar refractivity (Wildman–Crippen MR) is 310 cm³/mol. The van der Waals surface area contributed by atoms with E-state index in [1.54, 1.807) is 6.20 Å². The Morgan fingerprint density at radius 3 is 1.41 bits per heavy atom. The summed E-state index contributed by atoms with van der Waals surface area (Å²) >= 11 is -1.50. The molecular formula is C57H58N12O10S3. The lowest BCUT2D eigenvalue weighted by molar-refractivity contribution is 0.171. The lowest BCUT2D eigenvalue weighted by Gasteiger charge is -2.20. The maximum absolute atomic E-state index is 11.8. The molecule has 82 heavy (non-hydrogen) atoms. The van der Waals surface area contributed by atoms with E-state index >= 15 is 0 Å². The van der Waals surface area contributed by atoms with Gasteiger partial charge in [-0.25, -0.2) is 29.9 Å². The van der Waals surface area contributed by atoms with Gasteiger partial charge in [-0.15, -0.1) is 0 Å². The lowest BCUT2D eigenvalue weighted by atomic mass is 10.1. The number of benzene rings is 2. The molecule has 0 unspecified atom stereocenters. The fourth-order valence-corrected chi connectivity index (χ4v) is 11.2. The number of nitrogens with zero attached hydrogens (tertiary/aromatic N) is 10. The molecule has 0 saturated heterocycles. The molecule has 10 aromatic rings. The first kappa shape index (κ1) is 58.2. The van der Waals surface area contributed by atoms with Crippen LogP contribution in [-0.2, 0) is 37.4 Å². The second kappa shape index (κ2) is 25.5. The van der Waals surface area contributed by atoms with Crippen molar-refractivity contribution in [3.8, 4) is 56.4 Å². The molecule has 3 N–H and O–H groups in total. The van der Waals surface area contributed by atoms with Crippen molar-refractivity contribution >= 4 is 67.2 Å². The van der Waals surface area contributed by atoms with Crippen molar-refractivity contribution in [3.63, 3.8) is 0 Å². The molecule has 8 heterocycles. The minimum absolute atomic E-state index is 0.0227. The molecule has 424 valence electrons. The van der Waals surface area contributed by atoms with E-state index in [1.165, 1.54) is 0 Å². The molecule has 4 atom stereocenters. The minimum Gasteiger partial charge on any atom is -0.391 e. The summed E-state index contributed by atoms with van der Waals surface area (Å²) in [5.41, 5.74) is 14.0. The third-order valence-electron chi connectivity index (χ3n) is 14.3. The van der Waals surface area contributed by atoms with E-state index in [9.17, 15) is 13.5 Å². The molecule has 25 heteroatoms. The molecule has 0 amide bonds. The number of rotatable bonds is 12. The Morgan fingerprint density at radius 2 is 1.01 bits per heavy atom. The molecule has 0 aliphatic heterocycles. The Kier molecular flexibility index (Phi) is 18.1. The third kappa shape index (κ3) is 12.8. The van der Waals surface area contributed by atoms with Gasteiger partial charge in [-0.1, -0.05) is 46.7 Å². The zero-order chi connectivity index (χ0) is 58.2. The fourth-order valence-electron chi connectivity index (χ4n) is 10.6. The van der Waals surface area contributed by atoms with Gasteiger partial charge in [-0.3, -0.25) is 4.18 Å². The van der Waals surface area contributed by atoms with Crippen molar-refractivity contribution in [2.45, 2.75) is 104 Å². The zero-order valence-electron chi connectivity index (χ0n) is 45.8. The second-order valence-corrected chi connectivity index (χ2v) is 21.8. The number of hydrogen-bond donors (Lipinski definition) is 3. The van der Waals surface area contributed by atoms with Crippen LogP contribution in [0, 0.1) is 41.5 Å². The Balaban J connectivity index is 0.000000181. The summed E-state index contributed by atoms with van der Waals surface area (Å²) in [5, 5.41) is 27.1. The summed E-state index contributed by atoms with van der Waals surface area (Å²) in [6.07, 6.45) is 13.0. The van der Waals surface area contributed by atoms with Crippen LogP contribution in [0.3, 0.4) is 0 Å². The highest BCUT2D eigenvalue weighted by atomic mass is 32.2. The van der Waals surface area contributed by atoms with Crippen molar-refractivity contribution < 1.29 is 43.6 Å². The standard InChI is InChI=1S/C29H30N6O4S.C28H28N6O2.2O2S/c1-17-15-30-29(32-23-11-8-12-25(23)39-40(4,36)37)33-27(17)22-16-35(20-9-6-5-7-10-20)28-21(22)13-14-24(31-28)26-18(2)34-38-19(26)3;1-16-14-29-28(31-22-10-7-11-24(22)35)32-26(16)21-15-34(19-8-5-4-6-9-19)27-20(21)12-13-23(30-27)25-17(2)33-36-18(25)3;2*1-3-2/h5-7,9-10,13-16,23,25H,8,11-12H2,1-4H3,(H,30,32,33);4-6,8-9,12-15,22,24,35H,7,10-11H2,1-3H3,(H,29,31,32);;/t23-,25+;22-,24+;;/m00../s1. The number of aryl methyl sites for hydroxylation is 6. The SMILES string of the molecule is Cc1cnc(N[C@H]2CCC[C@H]2O)nc1-c1cn(-c2ccccc2)c2nc(-c3c(C)noc3C)ccc12.Cc1cnc(N[C@H]2CCC[C@H]2OS(C)(=O)=O)nc1-c1cn(-c2ccccc2)c2nc(-c3c(C)noc3C)ccc12.O=S=O.O=S=O. The van der Waals surface area contributed by atoms with Gasteiger partial charge in [0.2, 0.25) is 11.9 Å². The van der Waals surface area contributed by atoms with Gasteiger partial charge in [0.05, 0.1) is 75.8 Å². The molecule has 2 aliphatic carbocycles. The van der Waals surface area contributed by atoms with Crippen molar-refractivity contribution in [2.75, 3.05) is 16.9 Å². The molecule has 0 bridgehead atoms. The van der Waals surface area contributed by atoms with E-state index < -0.39 is 39.4 Å². The third-order valence-corrected chi connectivity index (χ3v) is 14.9. The number of hydrogen-bond acceptors (Lipinski definition) is 20. The number of aliphatic hydroxyl groups is 1. The van der Waals surface area contributed by atoms with Gasteiger partial charge in [-0.05, 0) is 140 Å². The molecule has 0 spiro atoms. The summed E-state index contributed by atoms with van der Waals surface area (Å²) < 4.78 is 77.0. The first-order valence-electron chi connectivity index (χ1n) is 26.1. The molecule has 12 rings (SSSR count). The van der Waals surface area contributed by atoms with Gasteiger partial charge in [0, 0.05) is 58.1 Å². The van der Waals surface area contributed by atoms with Crippen molar-refractivity contribution in [2.24, 2.45) is 0 Å². The van der Waals surface area contributed by atoms with Crippen LogP contribution in [0.4, 0.5) is 11.9 Å². The first-order chi connectivity index (χ1) is 39.5. The van der Waals surface area contributed by atoms with Crippen LogP contribution in [0.2, 0.25) is 0 Å². The highest BCUT2D eigenvalue weighted by Gasteiger charge is 2.32. The largest absolute Gasteiger partial charge is 0.391 e. The van der Waals surface area contributed by atoms with Crippen LogP contribution in [0.15, 0.2) is 119 Å². The topological polar surface area (TPSA) is 295 Å². The van der Waals surface area contributed by atoms with Gasteiger partial charge >= 0.3 is 23.1 Å². The van der Waals surface area contributed by atoms with E-state index in [0.29, 0.717) is 18.3 Å². The Labute approximate surface area is 479 Å². The summed E-state index contributed by atoms with van der Waals surface area (Å²) in [7, 11) is -3.56. The zero-order valence-corrected chi connectivity index (χ0v) is 48.2. The van der Waals surface area contributed by atoms with Crippen LogP contribution >= 0.6 is 0 Å². The maximum Gasteiger partial charge on any atom is 0.335 e. The van der Waals surface area contributed by atoms with Gasteiger partial charge < -0.3 is 33.9 Å². The van der Waals surface area contributed by atoms with Gasteiger partial charge in [0.25, 0.3) is 10.1 Å². The summed E-state index contributed by atoms with van der Waals surface area (Å²) in [6, 6.07) is 28.1. The van der Waals surface area contributed by atoms with Crippen molar-refractivity contribution in [1.82, 2.24) is 49.4 Å². The normalized spacial score (nSPS) is 16.6. The highest BCUT2D eigenvalue weighted by Crippen LogP contribution is 2.38. The summed E-state index contributed by atoms with van der Waals surface area (Å²) in [5.74, 6) is 2.42. The second-order valence-electron chi connectivity index (χ2n) is 19.9. The molecule has 2 aromatic carbocycles. The summed E-state index contributed by atoms with van der Waals surface area (Å²) in [4.78, 5) is 29.0. The minimum atomic E-state index is -3.56. The monoisotopic (exact) mass is 1170 g/mol. The average molecular weight is 1170 g/mol. The molecule has 2 saturated carbocycles. The molecule has 0 radical (unpaired) electrons. The van der Waals surface area contributed by atoms with Crippen molar-refractivity contribution in [1.29, 1.82) is 0 Å². The van der Waals surface area contributed by atoms with E-state index in [2.05, 4.69) is 70.5 Å². The van der Waals surface area contributed by atoms with Crippen LogP contribution in [0.5, 0.6) is 0 Å². The van der Waals surface area contributed by atoms with E-state index in [-0.39, 0.29) is 18.2 Å². The molecule has 22 nitrogen and oxygen atoms in total. The maximum atomic E-state index is 11.8. The Hall–Kier alpha value is -8.49. The lowest BCUT2D eigenvalue weighted by Crippen LogP contribution is -2.33. The fraction of sp³-hybridized carbons (Fsp3) is 0.298. The first-order valence-corrected chi connectivity index (χ1v) is 29.3. The smallest absolute Gasteiger partial charge is 0.335 e. The molecule has 2 fully saturated rings. The number of fused-ring (bicyclic) bond motifs is 2. The number of pyridine rings is 2. The van der Waals surface area contributed by atoms with E-state index in [1.807, 2.05) is 115 Å². The average Bonchev–Trinajstić information content (AvgIpc) is 3.49.